The molecule has 0 saturated heterocycles. The number of nitro benzene ring substituents is 1. The number of hydrogen-bond donors (Lipinski definition) is 2. The maximum absolute atomic E-state index is 11.0. The van der Waals surface area contributed by atoms with Crippen LogP contribution in [0.1, 0.15) is 11.1 Å². The van der Waals surface area contributed by atoms with Crippen LogP contribution in [0.2, 0.25) is 0 Å². The number of nitrogens with zero attached hydrogens (tertiary/aromatic N) is 1. The van der Waals surface area contributed by atoms with Gasteiger partial charge in [0.15, 0.2) is 5.11 Å². The first-order chi connectivity index (χ1) is 11.5. The van der Waals surface area contributed by atoms with Gasteiger partial charge in [0.05, 0.1) is 12.0 Å². The van der Waals surface area contributed by atoms with Crippen molar-refractivity contribution in [3.63, 3.8) is 0 Å². The minimum atomic E-state index is -0.402. The van der Waals surface area contributed by atoms with E-state index in [1.807, 2.05) is 24.3 Å². The van der Waals surface area contributed by atoms with Crippen molar-refractivity contribution < 1.29 is 9.66 Å². The molecule has 0 unspecified atom stereocenters. The zero-order valence-corrected chi connectivity index (χ0v) is 14.4. The molecule has 0 saturated carbocycles. The maximum atomic E-state index is 11.0. The highest BCUT2D eigenvalue weighted by Crippen LogP contribution is 2.22. The molecule has 24 heavy (non-hydrogen) atoms. The molecule has 0 aromatic heterocycles. The van der Waals surface area contributed by atoms with Gasteiger partial charge in [-0.1, -0.05) is 18.2 Å². The zero-order chi connectivity index (χ0) is 17.5. The van der Waals surface area contributed by atoms with Crippen LogP contribution in [0.5, 0.6) is 5.75 Å². The second-order valence-electron chi connectivity index (χ2n) is 5.24. The Morgan fingerprint density at radius 2 is 1.96 bits per heavy atom. The van der Waals surface area contributed by atoms with E-state index in [9.17, 15) is 10.1 Å². The summed E-state index contributed by atoms with van der Waals surface area (Å²) in [6.45, 7) is 2.36. The summed E-state index contributed by atoms with van der Waals surface area (Å²) in [5, 5.41) is 17.4. The van der Waals surface area contributed by atoms with Gasteiger partial charge in [-0.2, -0.15) is 0 Å². The highest BCUT2D eigenvalue weighted by molar-refractivity contribution is 7.80. The minimum Gasteiger partial charge on any atom is -0.497 e. The topological polar surface area (TPSA) is 76.4 Å². The van der Waals surface area contributed by atoms with Crippen LogP contribution >= 0.6 is 12.2 Å². The first-order valence-corrected chi connectivity index (χ1v) is 7.83. The van der Waals surface area contributed by atoms with Crippen molar-refractivity contribution >= 4 is 28.7 Å². The third kappa shape index (κ3) is 4.92. The van der Waals surface area contributed by atoms with Crippen molar-refractivity contribution in [2.45, 2.75) is 13.3 Å². The SMILES string of the molecule is COc1ccc(CCNC(=S)Nc2ccc(C)c([N+](=O)[O-])c2)cc1. The molecule has 0 aliphatic carbocycles. The Hall–Kier alpha value is -2.67. The molecule has 0 aliphatic heterocycles. The molecule has 2 aromatic rings. The second kappa shape index (κ2) is 8.26. The zero-order valence-electron chi connectivity index (χ0n) is 13.5. The number of nitrogens with one attached hydrogen (secondary N) is 2. The van der Waals surface area contributed by atoms with Gasteiger partial charge in [0, 0.05) is 23.9 Å². The molecule has 0 aliphatic rings. The van der Waals surface area contributed by atoms with Crippen molar-refractivity contribution in [2.75, 3.05) is 19.0 Å². The van der Waals surface area contributed by atoms with E-state index in [0.29, 0.717) is 22.9 Å². The van der Waals surface area contributed by atoms with Crippen molar-refractivity contribution in [1.29, 1.82) is 0 Å². The molecule has 2 rings (SSSR count). The van der Waals surface area contributed by atoms with Crippen LogP contribution in [0.25, 0.3) is 0 Å². The number of nitro groups is 1. The number of methoxy groups -OCH3 is 1. The van der Waals surface area contributed by atoms with Crippen LogP contribution in [0.3, 0.4) is 0 Å². The molecule has 7 heteroatoms. The molecule has 0 amide bonds. The van der Waals surface area contributed by atoms with Gasteiger partial charge in [0.1, 0.15) is 5.75 Å². The van der Waals surface area contributed by atoms with E-state index in [0.717, 1.165) is 17.7 Å². The fourth-order valence-corrected chi connectivity index (χ4v) is 2.39. The van der Waals surface area contributed by atoms with Gasteiger partial charge in [-0.05, 0) is 49.3 Å². The lowest BCUT2D eigenvalue weighted by Gasteiger charge is -2.11. The predicted molar refractivity (Wildman–Crippen MR) is 98.8 cm³/mol. The van der Waals surface area contributed by atoms with Crippen LogP contribution in [-0.2, 0) is 6.42 Å². The summed E-state index contributed by atoms with van der Waals surface area (Å²) in [6.07, 6.45) is 0.805. The molecule has 2 N–H and O–H groups in total. The van der Waals surface area contributed by atoms with Crippen molar-refractivity contribution in [1.82, 2.24) is 5.32 Å². The summed E-state index contributed by atoms with van der Waals surface area (Å²) in [6, 6.07) is 12.8. The summed E-state index contributed by atoms with van der Waals surface area (Å²) < 4.78 is 5.12. The van der Waals surface area contributed by atoms with Crippen molar-refractivity contribution in [3.05, 3.63) is 63.7 Å². The Morgan fingerprint density at radius 3 is 2.58 bits per heavy atom. The smallest absolute Gasteiger partial charge is 0.274 e. The van der Waals surface area contributed by atoms with Gasteiger partial charge in [-0.15, -0.1) is 0 Å². The van der Waals surface area contributed by atoms with Crippen LogP contribution in [0.4, 0.5) is 11.4 Å². The Bertz CT molecular complexity index is 732. The molecular weight excluding hydrogens is 326 g/mol. The first kappa shape index (κ1) is 17.7. The Labute approximate surface area is 146 Å². The molecule has 2 aromatic carbocycles. The summed E-state index contributed by atoms with van der Waals surface area (Å²) in [5.74, 6) is 0.824. The lowest BCUT2D eigenvalue weighted by molar-refractivity contribution is -0.385. The number of rotatable bonds is 6. The van der Waals surface area contributed by atoms with Crippen LogP contribution in [0.15, 0.2) is 42.5 Å². The Kier molecular flexibility index (Phi) is 6.08. The quantitative estimate of drug-likeness (QED) is 0.474. The molecule has 0 heterocycles. The summed E-state index contributed by atoms with van der Waals surface area (Å²) in [7, 11) is 1.64. The minimum absolute atomic E-state index is 0.0704. The van der Waals surface area contributed by atoms with E-state index in [1.54, 1.807) is 26.2 Å². The van der Waals surface area contributed by atoms with Gasteiger partial charge in [0.25, 0.3) is 5.69 Å². The summed E-state index contributed by atoms with van der Waals surface area (Å²) in [4.78, 5) is 10.6. The molecule has 0 atom stereocenters. The third-order valence-corrected chi connectivity index (χ3v) is 3.77. The molecule has 0 fully saturated rings. The summed E-state index contributed by atoms with van der Waals surface area (Å²) >= 11 is 5.22. The van der Waals surface area contributed by atoms with Gasteiger partial charge < -0.3 is 15.4 Å². The molecule has 126 valence electrons. The van der Waals surface area contributed by atoms with E-state index >= 15 is 0 Å². The van der Waals surface area contributed by atoms with Gasteiger partial charge in [-0.25, -0.2) is 0 Å². The average molecular weight is 345 g/mol. The second-order valence-corrected chi connectivity index (χ2v) is 5.65. The molecule has 0 radical (unpaired) electrons. The molecule has 0 bridgehead atoms. The predicted octanol–water partition coefficient (Wildman–Crippen LogP) is 3.44. The monoisotopic (exact) mass is 345 g/mol. The van der Waals surface area contributed by atoms with Crippen LogP contribution in [0, 0.1) is 17.0 Å². The highest BCUT2D eigenvalue weighted by atomic mass is 32.1. The van der Waals surface area contributed by atoms with E-state index in [1.165, 1.54) is 6.07 Å². The van der Waals surface area contributed by atoms with Crippen molar-refractivity contribution in [2.24, 2.45) is 0 Å². The van der Waals surface area contributed by atoms with Gasteiger partial charge in [0.2, 0.25) is 0 Å². The van der Waals surface area contributed by atoms with E-state index in [4.69, 9.17) is 17.0 Å². The number of ether oxygens (including phenoxy) is 1. The van der Waals surface area contributed by atoms with Gasteiger partial charge in [-0.3, -0.25) is 10.1 Å². The normalized spacial score (nSPS) is 10.1. The summed E-state index contributed by atoms with van der Waals surface area (Å²) in [5.41, 5.74) is 2.44. The number of hydrogen-bond acceptors (Lipinski definition) is 4. The molecule has 6 nitrogen and oxygen atoms in total. The first-order valence-electron chi connectivity index (χ1n) is 7.42. The van der Waals surface area contributed by atoms with E-state index in [2.05, 4.69) is 10.6 Å². The number of benzene rings is 2. The third-order valence-electron chi connectivity index (χ3n) is 3.52. The number of aryl methyl sites for hydroxylation is 1. The number of anilines is 1. The molecule has 0 spiro atoms. The van der Waals surface area contributed by atoms with E-state index in [-0.39, 0.29) is 5.69 Å². The molecular formula is C17H19N3O3S. The lowest BCUT2D eigenvalue weighted by Crippen LogP contribution is -2.30. The highest BCUT2D eigenvalue weighted by Gasteiger charge is 2.11. The largest absolute Gasteiger partial charge is 0.497 e. The van der Waals surface area contributed by atoms with Crippen LogP contribution in [-0.4, -0.2) is 23.7 Å². The standard InChI is InChI=1S/C17H19N3O3S/c1-12-3-6-14(11-16(12)20(21)22)19-17(24)18-10-9-13-4-7-15(23-2)8-5-13/h3-8,11H,9-10H2,1-2H3,(H2,18,19,24). The van der Waals surface area contributed by atoms with E-state index < -0.39 is 4.92 Å². The fourth-order valence-electron chi connectivity index (χ4n) is 2.17. The fraction of sp³-hybridized carbons (Fsp3) is 0.235. The lowest BCUT2D eigenvalue weighted by atomic mass is 10.1. The number of thiocarbonyl (C=S) groups is 1. The Balaban J connectivity index is 1.84. The van der Waals surface area contributed by atoms with Gasteiger partial charge >= 0.3 is 0 Å². The maximum Gasteiger partial charge on any atom is 0.274 e. The van der Waals surface area contributed by atoms with Crippen LogP contribution < -0.4 is 15.4 Å². The van der Waals surface area contributed by atoms with Crippen molar-refractivity contribution in [3.8, 4) is 5.75 Å². The average Bonchev–Trinajstić information content (AvgIpc) is 2.57. The Morgan fingerprint density at radius 1 is 1.25 bits per heavy atom.